The Balaban J connectivity index is 1.59. The number of ether oxygens (including phenoxy) is 1. The van der Waals surface area contributed by atoms with Gasteiger partial charge in [-0.1, -0.05) is 18.2 Å². The van der Waals surface area contributed by atoms with Crippen LogP contribution in [-0.4, -0.2) is 30.5 Å². The molecule has 1 amide bonds. The van der Waals surface area contributed by atoms with Crippen molar-refractivity contribution in [2.75, 3.05) is 16.9 Å². The fourth-order valence-electron chi connectivity index (χ4n) is 3.03. The first-order valence-electron chi connectivity index (χ1n) is 9.60. The zero-order valence-corrected chi connectivity index (χ0v) is 19.0. The topological polar surface area (TPSA) is 110 Å². The molecule has 164 valence electrons. The van der Waals surface area contributed by atoms with E-state index in [1.807, 2.05) is 11.4 Å². The fraction of sp³-hybridized carbons (Fsp3) is 0.136. The zero-order chi connectivity index (χ0) is 22.7. The van der Waals surface area contributed by atoms with Crippen LogP contribution in [0.25, 0.3) is 10.2 Å². The highest BCUT2D eigenvalue weighted by atomic mass is 32.2. The van der Waals surface area contributed by atoms with Gasteiger partial charge < -0.3 is 15.4 Å². The molecule has 0 fully saturated rings. The van der Waals surface area contributed by atoms with E-state index in [4.69, 9.17) is 4.74 Å². The summed E-state index contributed by atoms with van der Waals surface area (Å²) in [4.78, 5) is 20.4. The first-order chi connectivity index (χ1) is 15.2. The van der Waals surface area contributed by atoms with Crippen LogP contribution in [0.2, 0.25) is 0 Å². The molecule has 0 aliphatic rings. The number of carbonyl (C=O) groups excluding carboxylic acids is 1. The van der Waals surface area contributed by atoms with Crippen molar-refractivity contribution in [3.05, 3.63) is 65.5 Å². The van der Waals surface area contributed by atoms with E-state index in [-0.39, 0.29) is 11.7 Å². The fourth-order valence-corrected chi connectivity index (χ4v) is 4.58. The molecule has 0 radical (unpaired) electrons. The summed E-state index contributed by atoms with van der Waals surface area (Å²) in [5, 5.41) is 7.77. The van der Waals surface area contributed by atoms with Crippen LogP contribution >= 0.6 is 11.3 Å². The van der Waals surface area contributed by atoms with Crippen LogP contribution in [0.4, 0.5) is 17.3 Å². The van der Waals surface area contributed by atoms with Gasteiger partial charge in [0.05, 0.1) is 11.3 Å². The Bertz CT molecular complexity index is 1380. The molecule has 0 unspecified atom stereocenters. The molecule has 0 aliphatic heterocycles. The third kappa shape index (κ3) is 5.59. The van der Waals surface area contributed by atoms with Crippen LogP contribution in [0, 0.1) is 0 Å². The van der Waals surface area contributed by atoms with Gasteiger partial charge in [0.15, 0.2) is 9.84 Å². The number of hydrogen-bond donors (Lipinski definition) is 2. The van der Waals surface area contributed by atoms with Crippen LogP contribution in [0.5, 0.6) is 11.6 Å². The quantitative estimate of drug-likeness (QED) is 0.403. The lowest BCUT2D eigenvalue weighted by Crippen LogP contribution is -2.05. The molecule has 4 aromatic rings. The second kappa shape index (κ2) is 8.93. The first kappa shape index (κ1) is 21.7. The Kier molecular flexibility index (Phi) is 6.06. The van der Waals surface area contributed by atoms with Crippen molar-refractivity contribution >= 4 is 54.6 Å². The Morgan fingerprint density at radius 1 is 1.06 bits per heavy atom. The molecule has 0 atom stereocenters. The lowest BCUT2D eigenvalue weighted by atomic mass is 10.2. The molecule has 0 saturated carbocycles. The molecule has 0 spiro atoms. The molecule has 4 rings (SSSR count). The maximum Gasteiger partial charge on any atom is 0.242 e. The number of nitrogens with one attached hydrogen (secondary N) is 2. The van der Waals surface area contributed by atoms with Gasteiger partial charge in [0.2, 0.25) is 17.7 Å². The van der Waals surface area contributed by atoms with E-state index in [0.717, 1.165) is 15.9 Å². The second-order valence-electron chi connectivity index (χ2n) is 7.19. The minimum absolute atomic E-state index is 0.0137. The summed E-state index contributed by atoms with van der Waals surface area (Å²) < 4.78 is 29.8. The molecule has 0 bridgehead atoms. The molecule has 8 nitrogen and oxygen atoms in total. The lowest BCUT2D eigenvalue weighted by molar-refractivity contribution is -0.114. The van der Waals surface area contributed by atoms with Gasteiger partial charge in [0, 0.05) is 30.6 Å². The summed E-state index contributed by atoms with van der Waals surface area (Å²) in [6.07, 6.45) is 1.20. The van der Waals surface area contributed by atoms with E-state index in [2.05, 4.69) is 20.6 Å². The highest BCUT2D eigenvalue weighted by Crippen LogP contribution is 2.33. The van der Waals surface area contributed by atoms with Crippen LogP contribution in [-0.2, 0) is 20.4 Å². The van der Waals surface area contributed by atoms with Gasteiger partial charge in [-0.15, -0.1) is 11.3 Å². The van der Waals surface area contributed by atoms with Crippen molar-refractivity contribution in [1.82, 2.24) is 9.97 Å². The molecule has 0 aliphatic carbocycles. The average molecular weight is 469 g/mol. The van der Waals surface area contributed by atoms with E-state index in [9.17, 15) is 13.2 Å². The van der Waals surface area contributed by atoms with Crippen LogP contribution < -0.4 is 15.4 Å². The number of anilines is 3. The normalized spacial score (nSPS) is 11.3. The van der Waals surface area contributed by atoms with Crippen LogP contribution in [0.15, 0.2) is 60.0 Å². The first-order valence-corrected chi connectivity index (χ1v) is 12.5. The molecule has 2 N–H and O–H groups in total. The highest BCUT2D eigenvalue weighted by molar-refractivity contribution is 7.89. The molecular formula is C22H20N4O4S2. The van der Waals surface area contributed by atoms with Crippen molar-refractivity contribution in [1.29, 1.82) is 0 Å². The molecule has 10 heteroatoms. The van der Waals surface area contributed by atoms with Gasteiger partial charge in [-0.05, 0) is 41.3 Å². The predicted molar refractivity (Wildman–Crippen MR) is 127 cm³/mol. The van der Waals surface area contributed by atoms with E-state index in [0.29, 0.717) is 28.8 Å². The maximum atomic E-state index is 11.5. The van der Waals surface area contributed by atoms with Crippen molar-refractivity contribution in [2.24, 2.45) is 0 Å². The third-order valence-electron chi connectivity index (χ3n) is 4.28. The van der Waals surface area contributed by atoms with Crippen molar-refractivity contribution in [3.63, 3.8) is 0 Å². The summed E-state index contributed by atoms with van der Waals surface area (Å²) in [5.41, 5.74) is 2.78. The summed E-state index contributed by atoms with van der Waals surface area (Å²) in [5.74, 6) is 1.08. The number of hydrogen-bond acceptors (Lipinski definition) is 8. The van der Waals surface area contributed by atoms with Gasteiger partial charge in [0.25, 0.3) is 0 Å². The second-order valence-corrected chi connectivity index (χ2v) is 10.2. The number of rotatable bonds is 7. The van der Waals surface area contributed by atoms with Crippen LogP contribution in [0.1, 0.15) is 12.5 Å². The maximum absolute atomic E-state index is 11.5. The number of benzene rings is 2. The zero-order valence-electron chi connectivity index (χ0n) is 17.3. The summed E-state index contributed by atoms with van der Waals surface area (Å²) >= 11 is 1.47. The Morgan fingerprint density at radius 3 is 2.56 bits per heavy atom. The van der Waals surface area contributed by atoms with Gasteiger partial charge in [-0.25, -0.2) is 13.4 Å². The highest BCUT2D eigenvalue weighted by Gasteiger charge is 2.13. The van der Waals surface area contributed by atoms with Crippen molar-refractivity contribution in [2.45, 2.75) is 12.7 Å². The largest absolute Gasteiger partial charge is 0.437 e. The molecule has 2 aromatic heterocycles. The number of carbonyl (C=O) groups is 1. The predicted octanol–water partition coefficient (Wildman–Crippen LogP) is 4.73. The van der Waals surface area contributed by atoms with Gasteiger partial charge >= 0.3 is 0 Å². The van der Waals surface area contributed by atoms with Crippen molar-refractivity contribution in [3.8, 4) is 11.6 Å². The SMILES string of the molecule is CC(=O)Nc1cccc(Oc2nc(Nc3ccc(CS(C)(=O)=O)cc3)nc3ccsc23)c1. The summed E-state index contributed by atoms with van der Waals surface area (Å²) in [6.45, 7) is 1.44. The monoisotopic (exact) mass is 468 g/mol. The molecule has 2 heterocycles. The van der Waals surface area contributed by atoms with E-state index in [1.54, 1.807) is 48.5 Å². The molecule has 2 aromatic carbocycles. The molecule has 0 saturated heterocycles. The van der Waals surface area contributed by atoms with Crippen molar-refractivity contribution < 1.29 is 17.9 Å². The third-order valence-corrected chi connectivity index (χ3v) is 6.03. The Hall–Kier alpha value is -3.50. The Morgan fingerprint density at radius 2 is 1.84 bits per heavy atom. The number of thiophene rings is 1. The minimum Gasteiger partial charge on any atom is -0.437 e. The number of nitrogens with zero attached hydrogens (tertiary/aromatic N) is 2. The molecular weight excluding hydrogens is 448 g/mol. The minimum atomic E-state index is -3.10. The van der Waals surface area contributed by atoms with E-state index in [1.165, 1.54) is 24.5 Å². The standard InChI is InChI=1S/C22H20N4O4S2/c1-14(27)23-17-4-3-5-18(12-17)30-21-20-19(10-11-31-20)25-22(26-21)24-16-8-6-15(7-9-16)13-32(2,28)29/h3-12H,13H2,1-2H3,(H,23,27)(H,24,25,26). The number of sulfone groups is 1. The van der Waals surface area contributed by atoms with Gasteiger partial charge in [-0.2, -0.15) is 4.98 Å². The van der Waals surface area contributed by atoms with E-state index >= 15 is 0 Å². The van der Waals surface area contributed by atoms with E-state index < -0.39 is 9.84 Å². The number of fused-ring (bicyclic) bond motifs is 1. The lowest BCUT2D eigenvalue weighted by Gasteiger charge is -2.11. The number of aromatic nitrogens is 2. The summed E-state index contributed by atoms with van der Waals surface area (Å²) in [6, 6.07) is 16.0. The smallest absolute Gasteiger partial charge is 0.242 e. The van der Waals surface area contributed by atoms with Gasteiger partial charge in [0.1, 0.15) is 10.4 Å². The Labute approximate surface area is 189 Å². The van der Waals surface area contributed by atoms with Crippen LogP contribution in [0.3, 0.4) is 0 Å². The number of amides is 1. The molecule has 32 heavy (non-hydrogen) atoms. The summed E-state index contributed by atoms with van der Waals surface area (Å²) in [7, 11) is -3.10. The average Bonchev–Trinajstić information content (AvgIpc) is 3.17. The van der Waals surface area contributed by atoms with Gasteiger partial charge in [-0.3, -0.25) is 4.79 Å².